The van der Waals surface area contributed by atoms with E-state index in [1.807, 2.05) is 121 Å². The number of carbonyl (C=O) groups excluding carboxylic acids is 1. The van der Waals surface area contributed by atoms with Crippen LogP contribution in [0.5, 0.6) is 0 Å². The molecule has 0 radical (unpaired) electrons. The summed E-state index contributed by atoms with van der Waals surface area (Å²) < 4.78 is 4.43. The Morgan fingerprint density at radius 3 is 1.46 bits per heavy atom. The fourth-order valence-electron chi connectivity index (χ4n) is 6.57. The van der Waals surface area contributed by atoms with Crippen LogP contribution in [0.1, 0.15) is 15.9 Å². The van der Waals surface area contributed by atoms with Gasteiger partial charge in [0.1, 0.15) is 0 Å². The summed E-state index contributed by atoms with van der Waals surface area (Å²) in [6.07, 6.45) is 1.71. The van der Waals surface area contributed by atoms with Gasteiger partial charge in [0.25, 0.3) is 5.91 Å². The molecule has 250 valence electrons. The van der Waals surface area contributed by atoms with E-state index in [0.29, 0.717) is 10.6 Å². The second-order valence-electron chi connectivity index (χ2n) is 12.3. The zero-order valence-electron chi connectivity index (χ0n) is 28.1. The summed E-state index contributed by atoms with van der Waals surface area (Å²) in [6.45, 7) is 0. The Hall–Kier alpha value is -6.69. The molecule has 1 N–H and O–H groups in total. The summed E-state index contributed by atoms with van der Waals surface area (Å²) in [7, 11) is 0. The first kappa shape index (κ1) is 32.5. The van der Waals surface area contributed by atoms with Crippen molar-refractivity contribution in [3.63, 3.8) is 0 Å². The van der Waals surface area contributed by atoms with Crippen LogP contribution in [0.25, 0.3) is 56.4 Å². The highest BCUT2D eigenvalue weighted by Gasteiger charge is 2.19. The van der Waals surface area contributed by atoms with Gasteiger partial charge in [-0.15, -0.1) is 0 Å². The number of nitrogens with zero attached hydrogens (tertiary/aromatic N) is 3. The van der Waals surface area contributed by atoms with E-state index in [4.69, 9.17) is 11.6 Å². The summed E-state index contributed by atoms with van der Waals surface area (Å²) in [5, 5.41) is 5.14. The minimum Gasteiger partial charge on any atom is -0.309 e. The van der Waals surface area contributed by atoms with E-state index in [2.05, 4.69) is 86.4 Å². The molecule has 0 atom stereocenters. The van der Waals surface area contributed by atoms with E-state index in [-0.39, 0.29) is 5.91 Å². The van der Waals surface area contributed by atoms with Gasteiger partial charge in [0, 0.05) is 27.5 Å². The Morgan fingerprint density at radius 1 is 0.500 bits per heavy atom. The minimum atomic E-state index is -0.302. The van der Waals surface area contributed by atoms with Crippen molar-refractivity contribution in [1.82, 2.24) is 14.6 Å². The molecule has 0 bridgehead atoms. The number of hydrazone groups is 1. The van der Waals surface area contributed by atoms with Crippen LogP contribution in [0.15, 0.2) is 193 Å². The Kier molecular flexibility index (Phi) is 9.16. The van der Waals surface area contributed by atoms with E-state index in [1.54, 1.807) is 6.21 Å². The summed E-state index contributed by atoms with van der Waals surface area (Å²) in [5.74, 6) is -0.302. The van der Waals surface area contributed by atoms with E-state index >= 15 is 0 Å². The van der Waals surface area contributed by atoms with Crippen LogP contribution in [0.3, 0.4) is 0 Å². The van der Waals surface area contributed by atoms with Crippen molar-refractivity contribution in [3.05, 3.63) is 204 Å². The van der Waals surface area contributed by atoms with Crippen molar-refractivity contribution in [1.29, 1.82) is 0 Å². The molecule has 0 fully saturated rings. The van der Waals surface area contributed by atoms with Gasteiger partial charge in [0.15, 0.2) is 0 Å². The number of rotatable bonds is 9. The van der Waals surface area contributed by atoms with Crippen molar-refractivity contribution in [2.24, 2.45) is 5.10 Å². The van der Waals surface area contributed by atoms with Gasteiger partial charge in [-0.05, 0) is 89.0 Å². The lowest BCUT2D eigenvalue weighted by atomic mass is 10.1. The van der Waals surface area contributed by atoms with Gasteiger partial charge in [-0.25, -0.2) is 5.43 Å². The van der Waals surface area contributed by atoms with Crippen LogP contribution in [0, 0.1) is 0 Å². The lowest BCUT2D eigenvalue weighted by Gasteiger charge is -2.15. The number of hydrogen-bond acceptors (Lipinski definition) is 2. The van der Waals surface area contributed by atoms with Gasteiger partial charge < -0.3 is 9.13 Å². The number of hydrogen-bond donors (Lipinski definition) is 1. The summed E-state index contributed by atoms with van der Waals surface area (Å²) >= 11 is 6.29. The molecule has 0 aliphatic carbocycles. The van der Waals surface area contributed by atoms with Gasteiger partial charge >= 0.3 is 0 Å². The molecule has 0 saturated carbocycles. The Bertz CT molecular complexity index is 2410. The first-order chi connectivity index (χ1) is 25.6. The van der Waals surface area contributed by atoms with Gasteiger partial charge in [-0.1, -0.05) is 133 Å². The van der Waals surface area contributed by atoms with Crippen molar-refractivity contribution in [2.75, 3.05) is 0 Å². The fourth-order valence-corrected chi connectivity index (χ4v) is 6.70. The van der Waals surface area contributed by atoms with Crippen molar-refractivity contribution in [2.45, 2.75) is 0 Å². The molecule has 0 aliphatic heterocycles. The predicted molar refractivity (Wildman–Crippen MR) is 213 cm³/mol. The first-order valence-electron chi connectivity index (χ1n) is 17.0. The first-order valence-corrected chi connectivity index (χ1v) is 17.4. The van der Waals surface area contributed by atoms with Crippen molar-refractivity contribution >= 4 is 23.7 Å². The monoisotopic (exact) mass is 692 g/mol. The smallest absolute Gasteiger partial charge is 0.271 e. The Balaban J connectivity index is 1.12. The average Bonchev–Trinajstić information content (AvgIpc) is 3.83. The molecule has 2 aromatic heterocycles. The van der Waals surface area contributed by atoms with Crippen LogP contribution in [0.2, 0.25) is 5.02 Å². The highest BCUT2D eigenvalue weighted by atomic mass is 35.5. The van der Waals surface area contributed by atoms with Crippen LogP contribution in [-0.4, -0.2) is 21.3 Å². The molecule has 5 nitrogen and oxygen atoms in total. The maximum Gasteiger partial charge on any atom is 0.271 e. The zero-order chi connectivity index (χ0) is 35.3. The summed E-state index contributed by atoms with van der Waals surface area (Å²) in [6, 6.07) is 62.8. The molecule has 52 heavy (non-hydrogen) atoms. The van der Waals surface area contributed by atoms with Gasteiger partial charge in [-0.2, -0.15) is 5.10 Å². The molecule has 0 saturated heterocycles. The van der Waals surface area contributed by atoms with E-state index in [9.17, 15) is 4.79 Å². The molecule has 0 spiro atoms. The molecule has 6 aromatic carbocycles. The SMILES string of the molecule is O=C(N/N=C\c1cc(-c2ccccc2)n(-c2ccc(Cl)cc2)c1-c1ccccc1)c1ccc(-n2c(-c3ccccc3)ccc2-c2ccccc2)cc1. The highest BCUT2D eigenvalue weighted by Crippen LogP contribution is 2.36. The van der Waals surface area contributed by atoms with Gasteiger partial charge in [0.05, 0.1) is 29.0 Å². The quantitative estimate of drug-likeness (QED) is 0.119. The Labute approximate surface area is 307 Å². The number of halogens is 1. The highest BCUT2D eigenvalue weighted by molar-refractivity contribution is 6.30. The number of aromatic nitrogens is 2. The second kappa shape index (κ2) is 14.7. The second-order valence-corrected chi connectivity index (χ2v) is 12.7. The maximum atomic E-state index is 13.5. The van der Waals surface area contributed by atoms with Gasteiger partial charge in [0.2, 0.25) is 0 Å². The summed E-state index contributed by atoms with van der Waals surface area (Å²) in [5.41, 5.74) is 14.4. The van der Waals surface area contributed by atoms with Crippen molar-refractivity contribution < 1.29 is 4.79 Å². The largest absolute Gasteiger partial charge is 0.309 e. The molecular formula is C46H33ClN4O. The van der Waals surface area contributed by atoms with E-state index in [1.165, 1.54) is 0 Å². The molecule has 6 heteroatoms. The Morgan fingerprint density at radius 2 is 0.942 bits per heavy atom. The lowest BCUT2D eigenvalue weighted by molar-refractivity contribution is 0.0955. The molecule has 0 unspecified atom stereocenters. The maximum absolute atomic E-state index is 13.5. The number of benzene rings is 6. The summed E-state index contributed by atoms with van der Waals surface area (Å²) in [4.78, 5) is 13.5. The van der Waals surface area contributed by atoms with Crippen LogP contribution < -0.4 is 5.43 Å². The zero-order valence-corrected chi connectivity index (χ0v) is 28.9. The average molecular weight is 693 g/mol. The van der Waals surface area contributed by atoms with Crippen LogP contribution in [0.4, 0.5) is 0 Å². The predicted octanol–water partition coefficient (Wildman–Crippen LogP) is 11.4. The number of amides is 1. The number of nitrogens with one attached hydrogen (secondary N) is 1. The van der Waals surface area contributed by atoms with Crippen molar-refractivity contribution in [3.8, 4) is 56.4 Å². The third kappa shape index (κ3) is 6.61. The fraction of sp³-hybridized carbons (Fsp3) is 0. The van der Waals surface area contributed by atoms with Gasteiger partial charge in [-0.3, -0.25) is 4.79 Å². The third-order valence-corrected chi connectivity index (χ3v) is 9.26. The topological polar surface area (TPSA) is 51.3 Å². The molecule has 8 rings (SSSR count). The van der Waals surface area contributed by atoms with Crippen LogP contribution in [-0.2, 0) is 0 Å². The molecule has 8 aromatic rings. The standard InChI is InChI=1S/C46H33ClN4O/c47-39-23-27-41(28-24-39)51-44(35-17-9-3-10-18-35)31-38(45(51)36-19-11-4-12-20-36)32-48-49-46(52)37-21-25-40(26-22-37)50-42(33-13-5-1-6-14-33)29-30-43(50)34-15-7-2-8-16-34/h1-32H,(H,49,52)/b48-32-. The van der Waals surface area contributed by atoms with Crippen LogP contribution >= 0.6 is 11.6 Å². The lowest BCUT2D eigenvalue weighted by Crippen LogP contribution is -2.17. The molecule has 2 heterocycles. The van der Waals surface area contributed by atoms with E-state index < -0.39 is 0 Å². The molecule has 0 aliphatic rings. The molecule has 1 amide bonds. The third-order valence-electron chi connectivity index (χ3n) is 9.01. The number of carbonyl (C=O) groups is 1. The minimum absolute atomic E-state index is 0.302. The molecular weight excluding hydrogens is 660 g/mol. The normalized spacial score (nSPS) is 11.2. The van der Waals surface area contributed by atoms with E-state index in [0.717, 1.165) is 62.0 Å².